The molecule has 0 radical (unpaired) electrons. The fourth-order valence-electron chi connectivity index (χ4n) is 3.69. The maximum absolute atomic E-state index is 13.4. The Morgan fingerprint density at radius 1 is 0.939 bits per heavy atom. The topological polar surface area (TPSA) is 52.7 Å². The highest BCUT2D eigenvalue weighted by atomic mass is 35.5. The van der Waals surface area contributed by atoms with Crippen LogP contribution in [0.15, 0.2) is 78.9 Å². The van der Waals surface area contributed by atoms with E-state index in [2.05, 4.69) is 5.32 Å². The predicted octanol–water partition coefficient (Wildman–Crippen LogP) is 5.01. The van der Waals surface area contributed by atoms with Crippen LogP contribution in [0.1, 0.15) is 17.5 Å². The lowest BCUT2D eigenvalue weighted by atomic mass is 10.1. The van der Waals surface area contributed by atoms with Gasteiger partial charge < -0.3 is 10.2 Å². The minimum absolute atomic E-state index is 0.0881. The summed E-state index contributed by atoms with van der Waals surface area (Å²) >= 11 is 11.7. The number of carbonyl (C=O) groups excluding carboxylic acids is 2. The van der Waals surface area contributed by atoms with Crippen molar-refractivity contribution in [3.05, 3.63) is 101 Å². The van der Waals surface area contributed by atoms with Gasteiger partial charge in [0.25, 0.3) is 5.91 Å². The van der Waals surface area contributed by atoms with Gasteiger partial charge >= 0.3 is 0 Å². The van der Waals surface area contributed by atoms with Crippen molar-refractivity contribution in [1.82, 2.24) is 9.80 Å². The first-order valence-electron chi connectivity index (χ1n) is 10.4. The normalized spacial score (nSPS) is 15.8. The summed E-state index contributed by atoms with van der Waals surface area (Å²) in [5.41, 5.74) is 2.32. The molecule has 8 heteroatoms. The molecule has 1 aliphatic heterocycles. The minimum atomic E-state index is -0.752. The molecular formula is C25H21ClFN3O2S. The Bertz CT molecular complexity index is 1160. The second kappa shape index (κ2) is 10.1. The maximum Gasteiger partial charge on any atom is 0.252 e. The van der Waals surface area contributed by atoms with Crippen molar-refractivity contribution in [2.75, 3.05) is 5.32 Å². The molecule has 2 amide bonds. The molecule has 0 saturated carbocycles. The van der Waals surface area contributed by atoms with E-state index >= 15 is 0 Å². The van der Waals surface area contributed by atoms with E-state index in [1.807, 2.05) is 42.5 Å². The lowest BCUT2D eigenvalue weighted by molar-refractivity contribution is -0.131. The molecule has 1 N–H and O–H groups in total. The maximum atomic E-state index is 13.4. The SMILES string of the molecule is O=C(C[C@H]1C(=O)N(Cc2ccccc2)C(=S)N1Cc1ccc(Cl)cc1)Nc1ccc(F)cc1. The van der Waals surface area contributed by atoms with Gasteiger partial charge in [-0.1, -0.05) is 54.1 Å². The highest BCUT2D eigenvalue weighted by Crippen LogP contribution is 2.26. The summed E-state index contributed by atoms with van der Waals surface area (Å²) in [7, 11) is 0. The number of carbonyl (C=O) groups is 2. The zero-order valence-electron chi connectivity index (χ0n) is 17.6. The first-order chi connectivity index (χ1) is 15.9. The number of anilines is 1. The van der Waals surface area contributed by atoms with Crippen LogP contribution in [-0.2, 0) is 22.7 Å². The Labute approximate surface area is 201 Å². The van der Waals surface area contributed by atoms with Crippen LogP contribution in [-0.4, -0.2) is 32.8 Å². The van der Waals surface area contributed by atoms with E-state index in [9.17, 15) is 14.0 Å². The molecule has 168 valence electrons. The molecule has 1 atom stereocenters. The van der Waals surface area contributed by atoms with Crippen LogP contribution >= 0.6 is 23.8 Å². The highest BCUT2D eigenvalue weighted by Gasteiger charge is 2.43. The number of thiocarbonyl (C=S) groups is 1. The van der Waals surface area contributed by atoms with E-state index in [0.717, 1.165) is 11.1 Å². The number of nitrogens with one attached hydrogen (secondary N) is 1. The highest BCUT2D eigenvalue weighted by molar-refractivity contribution is 7.80. The Kier molecular flexibility index (Phi) is 7.01. The van der Waals surface area contributed by atoms with E-state index in [-0.39, 0.29) is 18.2 Å². The zero-order valence-corrected chi connectivity index (χ0v) is 19.2. The van der Waals surface area contributed by atoms with Crippen LogP contribution in [0.2, 0.25) is 5.02 Å². The Morgan fingerprint density at radius 2 is 1.58 bits per heavy atom. The Balaban J connectivity index is 1.55. The van der Waals surface area contributed by atoms with Gasteiger partial charge in [-0.15, -0.1) is 0 Å². The van der Waals surface area contributed by atoms with Crippen LogP contribution in [0.5, 0.6) is 0 Å². The van der Waals surface area contributed by atoms with Crippen molar-refractivity contribution in [1.29, 1.82) is 0 Å². The van der Waals surface area contributed by atoms with Gasteiger partial charge in [-0.05, 0) is 59.7 Å². The monoisotopic (exact) mass is 481 g/mol. The lowest BCUT2D eigenvalue weighted by Gasteiger charge is -2.24. The Hall–Kier alpha value is -3.29. The number of hydrogen-bond acceptors (Lipinski definition) is 3. The second-order valence-electron chi connectivity index (χ2n) is 7.72. The summed E-state index contributed by atoms with van der Waals surface area (Å²) in [6.45, 7) is 0.688. The Morgan fingerprint density at radius 3 is 2.24 bits per heavy atom. The molecule has 33 heavy (non-hydrogen) atoms. The molecule has 0 unspecified atom stereocenters. The molecule has 0 aromatic heterocycles. The third-order valence-electron chi connectivity index (χ3n) is 5.36. The van der Waals surface area contributed by atoms with E-state index < -0.39 is 11.9 Å². The van der Waals surface area contributed by atoms with E-state index in [1.165, 1.54) is 29.2 Å². The summed E-state index contributed by atoms with van der Waals surface area (Å²) in [5.74, 6) is -0.979. The third kappa shape index (κ3) is 5.56. The van der Waals surface area contributed by atoms with Crippen LogP contribution in [0.3, 0.4) is 0 Å². The van der Waals surface area contributed by atoms with Gasteiger partial charge in [-0.25, -0.2) is 4.39 Å². The molecule has 1 saturated heterocycles. The summed E-state index contributed by atoms with van der Waals surface area (Å²) in [6.07, 6.45) is -0.0881. The van der Waals surface area contributed by atoms with Gasteiger partial charge in [0.1, 0.15) is 11.9 Å². The van der Waals surface area contributed by atoms with Crippen molar-refractivity contribution in [3.8, 4) is 0 Å². The van der Waals surface area contributed by atoms with Gasteiger partial charge in [0, 0.05) is 17.3 Å². The van der Waals surface area contributed by atoms with Crippen molar-refractivity contribution in [2.45, 2.75) is 25.6 Å². The van der Waals surface area contributed by atoms with Crippen LogP contribution < -0.4 is 5.32 Å². The second-order valence-corrected chi connectivity index (χ2v) is 8.52. The summed E-state index contributed by atoms with van der Waals surface area (Å²) in [6, 6.07) is 21.6. The van der Waals surface area contributed by atoms with Crippen LogP contribution in [0.4, 0.5) is 10.1 Å². The molecule has 4 rings (SSSR count). The number of halogens is 2. The predicted molar refractivity (Wildman–Crippen MR) is 130 cm³/mol. The lowest BCUT2D eigenvalue weighted by Crippen LogP contribution is -2.37. The molecule has 0 bridgehead atoms. The first-order valence-corrected chi connectivity index (χ1v) is 11.1. The van der Waals surface area contributed by atoms with Gasteiger partial charge in [0.15, 0.2) is 5.11 Å². The number of nitrogens with zero attached hydrogens (tertiary/aromatic N) is 2. The van der Waals surface area contributed by atoms with Gasteiger partial charge in [0.05, 0.1) is 13.0 Å². The van der Waals surface area contributed by atoms with E-state index in [1.54, 1.807) is 17.0 Å². The van der Waals surface area contributed by atoms with E-state index in [4.69, 9.17) is 23.8 Å². The molecule has 5 nitrogen and oxygen atoms in total. The molecule has 0 spiro atoms. The van der Waals surface area contributed by atoms with Gasteiger partial charge in [-0.3, -0.25) is 14.5 Å². The average Bonchev–Trinajstić information content (AvgIpc) is 3.02. The summed E-state index contributed by atoms with van der Waals surface area (Å²) < 4.78 is 13.2. The van der Waals surface area contributed by atoms with Crippen molar-refractivity contribution >= 4 is 46.4 Å². The largest absolute Gasteiger partial charge is 0.332 e. The summed E-state index contributed by atoms with van der Waals surface area (Å²) in [5, 5.41) is 3.71. The number of hydrogen-bond donors (Lipinski definition) is 1. The number of benzene rings is 3. The van der Waals surface area contributed by atoms with Crippen LogP contribution in [0.25, 0.3) is 0 Å². The number of amides is 2. The van der Waals surface area contributed by atoms with Gasteiger partial charge in [0.2, 0.25) is 5.91 Å². The standard InChI is InChI=1S/C25H21ClFN3O2S/c26-19-8-6-18(7-9-19)15-29-22(14-23(31)28-21-12-10-20(27)11-13-21)24(32)30(25(29)33)16-17-4-2-1-3-5-17/h1-13,22H,14-16H2,(H,28,31)/t22-/m0/s1. The summed E-state index contributed by atoms with van der Waals surface area (Å²) in [4.78, 5) is 29.4. The van der Waals surface area contributed by atoms with Crippen molar-refractivity contribution < 1.29 is 14.0 Å². The van der Waals surface area contributed by atoms with Crippen molar-refractivity contribution in [2.24, 2.45) is 0 Å². The smallest absolute Gasteiger partial charge is 0.252 e. The van der Waals surface area contributed by atoms with E-state index in [0.29, 0.717) is 28.9 Å². The number of rotatable bonds is 7. The first kappa shape index (κ1) is 22.9. The van der Waals surface area contributed by atoms with Crippen LogP contribution in [0, 0.1) is 5.82 Å². The fraction of sp³-hybridized carbons (Fsp3) is 0.160. The average molecular weight is 482 g/mol. The minimum Gasteiger partial charge on any atom is -0.332 e. The molecule has 3 aromatic rings. The van der Waals surface area contributed by atoms with Crippen molar-refractivity contribution in [3.63, 3.8) is 0 Å². The fourth-order valence-corrected chi connectivity index (χ4v) is 4.16. The molecular weight excluding hydrogens is 461 g/mol. The molecule has 1 aliphatic rings. The van der Waals surface area contributed by atoms with Gasteiger partial charge in [-0.2, -0.15) is 0 Å². The quantitative estimate of drug-likeness (QED) is 0.482. The molecule has 3 aromatic carbocycles. The molecule has 1 heterocycles. The zero-order chi connectivity index (χ0) is 23.4. The molecule has 0 aliphatic carbocycles. The molecule has 1 fully saturated rings. The third-order valence-corrected chi connectivity index (χ3v) is 6.07.